The smallest absolute Gasteiger partial charge is 0.134 e. The van der Waals surface area contributed by atoms with Crippen LogP contribution in [0.2, 0.25) is 0 Å². The van der Waals surface area contributed by atoms with Crippen LogP contribution in [0.25, 0.3) is 0 Å². The molecule has 0 bridgehead atoms. The highest BCUT2D eigenvalue weighted by Gasteiger charge is 2.20. The molecule has 0 aromatic heterocycles. The molecule has 0 saturated carbocycles. The van der Waals surface area contributed by atoms with Gasteiger partial charge in [-0.15, -0.1) is 0 Å². The maximum Gasteiger partial charge on any atom is 0.134 e. The fourth-order valence-electron chi connectivity index (χ4n) is 1.42. The van der Waals surface area contributed by atoms with Gasteiger partial charge < -0.3 is 10.6 Å². The molecule has 0 aromatic carbocycles. The van der Waals surface area contributed by atoms with Crippen molar-refractivity contribution in [1.82, 2.24) is 0 Å². The highest BCUT2D eigenvalue weighted by atomic mass is 16.6. The molecule has 1 aliphatic rings. The fraction of sp³-hybridized carbons (Fsp3) is 0.889. The van der Waals surface area contributed by atoms with Gasteiger partial charge in [-0.2, -0.15) is 0 Å². The maximum absolute atomic E-state index is 5.42. The van der Waals surface area contributed by atoms with E-state index < -0.39 is 0 Å². The van der Waals surface area contributed by atoms with E-state index in [1.807, 2.05) is 0 Å². The second-order valence-corrected chi connectivity index (χ2v) is 3.76. The van der Waals surface area contributed by atoms with Crippen molar-refractivity contribution >= 4 is 5.71 Å². The van der Waals surface area contributed by atoms with Crippen molar-refractivity contribution in [3.8, 4) is 0 Å². The van der Waals surface area contributed by atoms with Crippen LogP contribution >= 0.6 is 0 Å². The largest absolute Gasteiger partial charge is 0.392 e. The van der Waals surface area contributed by atoms with Crippen LogP contribution in [0.5, 0.6) is 0 Å². The standard InChI is InChI=1S/C9H18N2O/c1-7(2)5-8-6-9(3-4-10)12-11-8/h7,9H,3-6,10H2,1-2H3. The topological polar surface area (TPSA) is 47.6 Å². The first kappa shape index (κ1) is 9.52. The zero-order chi connectivity index (χ0) is 8.97. The third kappa shape index (κ3) is 2.81. The first-order valence-corrected chi connectivity index (χ1v) is 4.64. The molecule has 0 spiro atoms. The summed E-state index contributed by atoms with van der Waals surface area (Å²) >= 11 is 0. The number of hydrogen-bond donors (Lipinski definition) is 1. The van der Waals surface area contributed by atoms with Crippen LogP contribution in [0.15, 0.2) is 5.16 Å². The van der Waals surface area contributed by atoms with Crippen molar-refractivity contribution in [2.45, 2.75) is 39.2 Å². The van der Waals surface area contributed by atoms with Crippen LogP contribution in [-0.4, -0.2) is 18.4 Å². The summed E-state index contributed by atoms with van der Waals surface area (Å²) in [6.07, 6.45) is 3.21. The van der Waals surface area contributed by atoms with Crippen molar-refractivity contribution in [2.75, 3.05) is 6.54 Å². The quantitative estimate of drug-likeness (QED) is 0.695. The van der Waals surface area contributed by atoms with Gasteiger partial charge >= 0.3 is 0 Å². The van der Waals surface area contributed by atoms with Crippen molar-refractivity contribution in [3.05, 3.63) is 0 Å². The first-order chi connectivity index (χ1) is 5.72. The molecule has 0 aliphatic carbocycles. The Kier molecular flexibility index (Phi) is 3.53. The molecule has 1 aliphatic heterocycles. The Bertz CT molecular complexity index is 166. The molecular weight excluding hydrogens is 152 g/mol. The molecule has 0 radical (unpaired) electrons. The van der Waals surface area contributed by atoms with E-state index >= 15 is 0 Å². The minimum atomic E-state index is 0.253. The average Bonchev–Trinajstić information content (AvgIpc) is 2.36. The van der Waals surface area contributed by atoms with Gasteiger partial charge in [0.05, 0.1) is 5.71 Å². The van der Waals surface area contributed by atoms with Gasteiger partial charge in [0, 0.05) is 6.42 Å². The minimum absolute atomic E-state index is 0.253. The van der Waals surface area contributed by atoms with E-state index in [0.29, 0.717) is 12.5 Å². The maximum atomic E-state index is 5.42. The normalized spacial score (nSPS) is 22.7. The highest BCUT2D eigenvalue weighted by molar-refractivity contribution is 5.85. The lowest BCUT2D eigenvalue weighted by Crippen LogP contribution is -2.14. The second kappa shape index (κ2) is 4.45. The zero-order valence-corrected chi connectivity index (χ0v) is 7.92. The lowest BCUT2D eigenvalue weighted by Gasteiger charge is -2.05. The summed E-state index contributed by atoms with van der Waals surface area (Å²) in [4.78, 5) is 5.21. The Hall–Kier alpha value is -0.570. The third-order valence-corrected chi connectivity index (χ3v) is 1.93. The molecule has 70 valence electrons. The highest BCUT2D eigenvalue weighted by Crippen LogP contribution is 2.17. The summed E-state index contributed by atoms with van der Waals surface area (Å²) in [6.45, 7) is 5.08. The number of hydrogen-bond acceptors (Lipinski definition) is 3. The molecule has 2 N–H and O–H groups in total. The van der Waals surface area contributed by atoms with E-state index in [1.165, 1.54) is 5.71 Å². The first-order valence-electron chi connectivity index (χ1n) is 4.64. The van der Waals surface area contributed by atoms with E-state index in [2.05, 4.69) is 19.0 Å². The molecule has 1 unspecified atom stereocenters. The number of rotatable bonds is 4. The van der Waals surface area contributed by atoms with E-state index in [4.69, 9.17) is 10.6 Å². The van der Waals surface area contributed by atoms with Crippen LogP contribution in [0, 0.1) is 5.92 Å². The molecule has 0 fully saturated rings. The molecule has 1 rings (SSSR count). The Labute approximate surface area is 74.0 Å². The second-order valence-electron chi connectivity index (χ2n) is 3.76. The molecule has 0 saturated heterocycles. The van der Waals surface area contributed by atoms with Crippen molar-refractivity contribution < 1.29 is 4.84 Å². The Morgan fingerprint density at radius 2 is 2.42 bits per heavy atom. The van der Waals surface area contributed by atoms with Gasteiger partial charge in [0.25, 0.3) is 0 Å². The molecule has 0 aromatic rings. The summed E-state index contributed by atoms with van der Waals surface area (Å²) in [5.41, 5.74) is 6.62. The summed E-state index contributed by atoms with van der Waals surface area (Å²) in [5.74, 6) is 0.670. The van der Waals surface area contributed by atoms with E-state index in [9.17, 15) is 0 Å². The Morgan fingerprint density at radius 1 is 1.67 bits per heavy atom. The van der Waals surface area contributed by atoms with Crippen LogP contribution < -0.4 is 5.73 Å². The predicted molar refractivity (Wildman–Crippen MR) is 50.1 cm³/mol. The minimum Gasteiger partial charge on any atom is -0.392 e. The average molecular weight is 170 g/mol. The third-order valence-electron chi connectivity index (χ3n) is 1.93. The Balaban J connectivity index is 2.23. The van der Waals surface area contributed by atoms with Crippen molar-refractivity contribution in [3.63, 3.8) is 0 Å². The van der Waals surface area contributed by atoms with Gasteiger partial charge in [-0.3, -0.25) is 0 Å². The van der Waals surface area contributed by atoms with Gasteiger partial charge in [0.2, 0.25) is 0 Å². The Morgan fingerprint density at radius 3 is 3.00 bits per heavy atom. The molecule has 0 amide bonds. The number of nitrogens with zero attached hydrogens (tertiary/aromatic N) is 1. The van der Waals surface area contributed by atoms with Crippen LogP contribution in [-0.2, 0) is 4.84 Å². The predicted octanol–water partition coefficient (Wildman–Crippen LogP) is 1.53. The van der Waals surface area contributed by atoms with E-state index in [-0.39, 0.29) is 6.10 Å². The van der Waals surface area contributed by atoms with Crippen LogP contribution in [0.3, 0.4) is 0 Å². The van der Waals surface area contributed by atoms with Gasteiger partial charge in [-0.1, -0.05) is 19.0 Å². The molecule has 1 atom stereocenters. The monoisotopic (exact) mass is 170 g/mol. The van der Waals surface area contributed by atoms with Crippen LogP contribution in [0.1, 0.15) is 33.1 Å². The lowest BCUT2D eigenvalue weighted by molar-refractivity contribution is 0.0809. The van der Waals surface area contributed by atoms with Crippen molar-refractivity contribution in [2.24, 2.45) is 16.8 Å². The fourth-order valence-corrected chi connectivity index (χ4v) is 1.42. The van der Waals surface area contributed by atoms with Gasteiger partial charge in [0.15, 0.2) is 0 Å². The van der Waals surface area contributed by atoms with Gasteiger partial charge in [-0.25, -0.2) is 0 Å². The van der Waals surface area contributed by atoms with Gasteiger partial charge in [0.1, 0.15) is 6.10 Å². The molecule has 3 nitrogen and oxygen atoms in total. The number of nitrogens with two attached hydrogens (primary N) is 1. The summed E-state index contributed by atoms with van der Waals surface area (Å²) in [5, 5.41) is 4.04. The van der Waals surface area contributed by atoms with Gasteiger partial charge in [-0.05, 0) is 25.3 Å². The summed E-state index contributed by atoms with van der Waals surface area (Å²) < 4.78 is 0. The molecule has 3 heteroatoms. The summed E-state index contributed by atoms with van der Waals surface area (Å²) in [6, 6.07) is 0. The lowest BCUT2D eigenvalue weighted by atomic mass is 10.0. The SMILES string of the molecule is CC(C)CC1=NOC(CCN)C1. The number of oxime groups is 1. The van der Waals surface area contributed by atoms with Crippen molar-refractivity contribution in [1.29, 1.82) is 0 Å². The van der Waals surface area contributed by atoms with E-state index in [1.54, 1.807) is 0 Å². The zero-order valence-electron chi connectivity index (χ0n) is 7.92. The summed E-state index contributed by atoms with van der Waals surface area (Å²) in [7, 11) is 0. The molecule has 12 heavy (non-hydrogen) atoms. The molecule has 1 heterocycles. The molecular formula is C9H18N2O. The van der Waals surface area contributed by atoms with Crippen LogP contribution in [0.4, 0.5) is 0 Å². The van der Waals surface area contributed by atoms with E-state index in [0.717, 1.165) is 19.3 Å².